The zero-order chi connectivity index (χ0) is 58.2. The van der Waals surface area contributed by atoms with Crippen molar-refractivity contribution in [1.82, 2.24) is 19.9 Å². The number of hydrogen-bond acceptors (Lipinski definition) is 4. The normalized spacial score (nSPS) is 11.8. The number of aromatic amines is 4. The van der Waals surface area contributed by atoms with Gasteiger partial charge in [0, 0.05) is 34.9 Å². The Morgan fingerprint density at radius 3 is 0.866 bits per heavy atom. The molecule has 0 unspecified atom stereocenters. The maximum atomic E-state index is 14.4. The lowest BCUT2D eigenvalue weighted by molar-refractivity contribution is 0.103. The summed E-state index contributed by atoms with van der Waals surface area (Å²) in [6, 6.07) is 43.9. The molecule has 0 atom stereocenters. The van der Waals surface area contributed by atoms with Gasteiger partial charge in [0.15, 0.2) is 0 Å². The van der Waals surface area contributed by atoms with E-state index in [9.17, 15) is 26.9 Å². The summed E-state index contributed by atoms with van der Waals surface area (Å²) < 4.78 is 67.2. The minimum absolute atomic E-state index is 0.212. The Morgan fingerprint density at radius 2 is 0.585 bits per heavy atom. The van der Waals surface area contributed by atoms with Crippen molar-refractivity contribution in [2.45, 2.75) is 107 Å². The molecule has 5 aromatic carbocycles. The lowest BCUT2D eigenvalue weighted by Gasteiger charge is -2.12. The van der Waals surface area contributed by atoms with E-state index in [1.807, 2.05) is 152 Å². The third kappa shape index (κ3) is 11.7. The van der Waals surface area contributed by atoms with Crippen molar-refractivity contribution in [3.63, 3.8) is 0 Å². The van der Waals surface area contributed by atoms with Crippen molar-refractivity contribution in [1.29, 1.82) is 0 Å². The van der Waals surface area contributed by atoms with Gasteiger partial charge in [-0.25, -0.2) is 17.3 Å². The lowest BCUT2D eigenvalue weighted by Crippen LogP contribution is -2.09. The Hall–Kier alpha value is -8.51. The summed E-state index contributed by atoms with van der Waals surface area (Å²) in [5.74, 6) is -1.35. The van der Waals surface area contributed by atoms with Crippen LogP contribution in [0.4, 0.5) is 17.3 Å². The predicted molar refractivity (Wildman–Crippen MR) is 327 cm³/mol. The van der Waals surface area contributed by atoms with Crippen molar-refractivity contribution >= 4 is 38.0 Å². The van der Waals surface area contributed by atoms with Gasteiger partial charge in [-0.15, -0.1) is 0 Å². The van der Waals surface area contributed by atoms with Crippen LogP contribution in [0.5, 0.6) is 0 Å². The average Bonchev–Trinajstić information content (AvgIpc) is 4.43. The fourth-order valence-corrected chi connectivity index (χ4v) is 12.0. The van der Waals surface area contributed by atoms with Gasteiger partial charge < -0.3 is 29.2 Å². The first-order valence-electron chi connectivity index (χ1n) is 28.6. The molecule has 0 aliphatic rings. The van der Waals surface area contributed by atoms with Crippen LogP contribution in [-0.2, 0) is 60.7 Å². The maximum Gasteiger partial charge on any atom is 0.796 e. The van der Waals surface area contributed by atoms with Crippen LogP contribution in [-0.4, -0.2) is 46.4 Å². The molecule has 0 saturated carbocycles. The number of halogens is 4. The quantitative estimate of drug-likeness (QED) is 0.0159. The largest absolute Gasteiger partial charge is 0.796 e. The van der Waals surface area contributed by atoms with Gasteiger partial charge in [-0.05, 0) is 140 Å². The highest BCUT2D eigenvalue weighted by atomic mass is 19.2. The smallest absolute Gasteiger partial charge is 0.503 e. The van der Waals surface area contributed by atoms with Crippen LogP contribution in [0.15, 0.2) is 146 Å². The Labute approximate surface area is 478 Å². The Bertz CT molecular complexity index is 3530. The van der Waals surface area contributed by atoms with Crippen molar-refractivity contribution in [3.05, 3.63) is 213 Å². The Kier molecular flexibility index (Phi) is 18.4. The fraction of sp³-hybridized carbons (Fsp3) is 0.235. The summed E-state index contributed by atoms with van der Waals surface area (Å²) in [4.78, 5) is 42.4. The molecular weight excluding hydrogens is 1030 g/mol. The summed E-state index contributed by atoms with van der Waals surface area (Å²) in [6.07, 6.45) is 7.09. The number of hydrogen-bond donors (Lipinski definition) is 4. The van der Waals surface area contributed by atoms with E-state index in [2.05, 4.69) is 56.3 Å². The van der Waals surface area contributed by atoms with Crippen LogP contribution in [0.1, 0.15) is 132 Å². The molecule has 0 radical (unpaired) electrons. The van der Waals surface area contributed by atoms with Gasteiger partial charge >= 0.3 is 14.9 Å². The SMILES string of the molecule is CCc1c(C(=O)/C=C(\OB(F)F)c2[nH]c(-c3ccccc3)c(CC)c2CC)[nH]c(-c2ccc(-c3ccccc3-c3ccc(-c4[nH]c(C(=O)/C=C(\OB(F)F)c5[nH]c(-c6ccccc6)c(CC)c5CC)c(CC)c4CC)cc3)cc2)c1CC. The third-order valence-corrected chi connectivity index (χ3v) is 15.7. The minimum atomic E-state index is -3.16. The van der Waals surface area contributed by atoms with Crippen LogP contribution in [0, 0.1) is 0 Å². The monoisotopic (exact) mass is 1100 g/mol. The average molecular weight is 1100 g/mol. The van der Waals surface area contributed by atoms with Gasteiger partial charge in [-0.3, -0.25) is 9.59 Å². The number of nitrogens with one attached hydrogen (secondary N) is 4. The molecule has 0 aliphatic heterocycles. The zero-order valence-electron chi connectivity index (χ0n) is 47.8. The number of carbonyl (C=O) groups is 2. The second kappa shape index (κ2) is 25.9. The van der Waals surface area contributed by atoms with Crippen LogP contribution < -0.4 is 0 Å². The molecule has 9 rings (SSSR count). The van der Waals surface area contributed by atoms with Gasteiger partial charge in [0.05, 0.1) is 22.8 Å². The second-order valence-corrected chi connectivity index (χ2v) is 20.1. The highest BCUT2D eigenvalue weighted by Crippen LogP contribution is 2.40. The van der Waals surface area contributed by atoms with Crippen LogP contribution in [0.25, 0.3) is 78.8 Å². The number of benzene rings is 5. The first kappa shape index (κ1) is 58.2. The second-order valence-electron chi connectivity index (χ2n) is 20.1. The standard InChI is InChI=1S/C68H68B2F4N4O4/c1-9-47-51(13-5)65(57(79)39-59(81-69(71)72)67-53(15-7)49(11-3)61(77-67)43-25-19-17-20-26-43)75-63(47)45-35-31-41(32-36-45)55-29-23-24-30-56(55)42-33-37-46(38-34-42)64-48(10-2)52(14-6)66(76-64)58(80)40-60(82-70(73)74)68-54(16-8)50(12-4)62(78-68)44-27-21-18-22-28-44/h17-40,75-78H,9-16H2,1-8H3/b59-39-,60-40-. The van der Waals surface area contributed by atoms with Gasteiger partial charge in [-0.2, -0.15) is 0 Å². The molecule has 4 heterocycles. The van der Waals surface area contributed by atoms with E-state index in [4.69, 9.17) is 9.31 Å². The number of H-pyrrole nitrogens is 4. The van der Waals surface area contributed by atoms with E-state index < -0.39 is 26.5 Å². The summed E-state index contributed by atoms with van der Waals surface area (Å²) in [6.45, 7) is 16.0. The van der Waals surface area contributed by atoms with Crippen molar-refractivity contribution in [2.24, 2.45) is 0 Å². The van der Waals surface area contributed by atoms with E-state index in [0.29, 0.717) is 74.1 Å². The number of aromatic nitrogens is 4. The van der Waals surface area contributed by atoms with E-state index in [-0.39, 0.29) is 11.5 Å². The third-order valence-electron chi connectivity index (χ3n) is 15.7. The molecule has 0 saturated heterocycles. The summed E-state index contributed by atoms with van der Waals surface area (Å²) >= 11 is 0. The molecule has 0 spiro atoms. The molecule has 4 aromatic heterocycles. The molecule has 14 heteroatoms. The molecule has 0 bridgehead atoms. The van der Waals surface area contributed by atoms with Gasteiger partial charge in [-0.1, -0.05) is 189 Å². The highest BCUT2D eigenvalue weighted by molar-refractivity contribution is 6.36. The van der Waals surface area contributed by atoms with Crippen molar-refractivity contribution in [2.75, 3.05) is 0 Å². The minimum Gasteiger partial charge on any atom is -0.503 e. The van der Waals surface area contributed by atoms with E-state index in [0.717, 1.165) is 112 Å². The van der Waals surface area contributed by atoms with Crippen molar-refractivity contribution < 1.29 is 36.2 Å². The molecule has 4 N–H and O–H groups in total. The Morgan fingerprint density at radius 1 is 0.341 bits per heavy atom. The molecule has 418 valence electrons. The van der Waals surface area contributed by atoms with Crippen LogP contribution in [0.3, 0.4) is 0 Å². The lowest BCUT2D eigenvalue weighted by atomic mass is 9.92. The summed E-state index contributed by atoms with van der Waals surface area (Å²) in [5.41, 5.74) is 19.3. The van der Waals surface area contributed by atoms with Crippen LogP contribution in [0.2, 0.25) is 0 Å². The molecule has 0 amide bonds. The molecule has 0 aliphatic carbocycles. The number of rotatable bonds is 24. The Balaban J connectivity index is 1.01. The number of carbonyl (C=O) groups excluding carboxylic acids is 2. The van der Waals surface area contributed by atoms with Gasteiger partial charge in [0.2, 0.25) is 11.6 Å². The van der Waals surface area contributed by atoms with E-state index in [1.165, 1.54) is 12.2 Å². The maximum absolute atomic E-state index is 14.4. The first-order chi connectivity index (χ1) is 39.8. The molecule has 9 aromatic rings. The zero-order valence-corrected chi connectivity index (χ0v) is 47.8. The molecule has 8 nitrogen and oxygen atoms in total. The van der Waals surface area contributed by atoms with E-state index in [1.54, 1.807) is 0 Å². The number of ketones is 2. The summed E-state index contributed by atoms with van der Waals surface area (Å²) in [7, 11) is -6.31. The summed E-state index contributed by atoms with van der Waals surface area (Å²) in [5, 5.41) is 0. The first-order valence-corrected chi connectivity index (χ1v) is 28.6. The molecular formula is C68H68B2F4N4O4. The molecule has 0 fully saturated rings. The van der Waals surface area contributed by atoms with Crippen LogP contribution >= 0.6 is 0 Å². The van der Waals surface area contributed by atoms with Crippen molar-refractivity contribution in [3.8, 4) is 67.3 Å². The number of allylic oxidation sites excluding steroid dienone is 2. The van der Waals surface area contributed by atoms with Gasteiger partial charge in [0.1, 0.15) is 11.5 Å². The highest BCUT2D eigenvalue weighted by Gasteiger charge is 2.30. The topological polar surface area (TPSA) is 116 Å². The fourth-order valence-electron chi connectivity index (χ4n) is 12.0. The van der Waals surface area contributed by atoms with E-state index >= 15 is 0 Å². The van der Waals surface area contributed by atoms with Gasteiger partial charge in [0.25, 0.3) is 0 Å². The predicted octanol–water partition coefficient (Wildman–Crippen LogP) is 17.8. The molecule has 82 heavy (non-hydrogen) atoms.